The summed E-state index contributed by atoms with van der Waals surface area (Å²) in [6, 6.07) is 13.9. The molecule has 0 aliphatic carbocycles. The van der Waals surface area contributed by atoms with E-state index >= 15 is 0 Å². The molecule has 1 amide bonds. The molecule has 4 heteroatoms. The molecule has 2 aromatic rings. The molecule has 1 aromatic heterocycles. The van der Waals surface area contributed by atoms with E-state index < -0.39 is 0 Å². The Kier molecular flexibility index (Phi) is 4.78. The van der Waals surface area contributed by atoms with E-state index in [0.29, 0.717) is 0 Å². The third-order valence-electron chi connectivity index (χ3n) is 3.97. The number of nitrogens with zero attached hydrogens (tertiary/aromatic N) is 2. The summed E-state index contributed by atoms with van der Waals surface area (Å²) in [4.78, 5) is 19.2. The lowest BCUT2D eigenvalue weighted by Crippen LogP contribution is -2.30. The lowest BCUT2D eigenvalue weighted by atomic mass is 10.1. The van der Waals surface area contributed by atoms with E-state index in [9.17, 15) is 4.79 Å². The molecule has 22 heavy (non-hydrogen) atoms. The number of rotatable bonds is 4. The van der Waals surface area contributed by atoms with Crippen LogP contribution in [0.4, 0.5) is 0 Å². The van der Waals surface area contributed by atoms with E-state index in [4.69, 9.17) is 0 Å². The fourth-order valence-corrected chi connectivity index (χ4v) is 3.51. The van der Waals surface area contributed by atoms with Gasteiger partial charge in [0.2, 0.25) is 0 Å². The number of carbonyl (C=O) groups is 1. The summed E-state index contributed by atoms with van der Waals surface area (Å²) in [7, 11) is 0. The van der Waals surface area contributed by atoms with Crippen LogP contribution < -0.4 is 0 Å². The summed E-state index contributed by atoms with van der Waals surface area (Å²) in [5, 5.41) is 1.05. The first-order chi connectivity index (χ1) is 10.8. The SMILES string of the molecule is CCSc1ccc([C@H]2CCCN2C(=O)c2ccccc2)cn1. The number of hydrogen-bond donors (Lipinski definition) is 0. The molecule has 1 aromatic carbocycles. The van der Waals surface area contributed by atoms with Crippen LogP contribution in [0.15, 0.2) is 53.7 Å². The fraction of sp³-hybridized carbons (Fsp3) is 0.333. The number of amides is 1. The van der Waals surface area contributed by atoms with Crippen molar-refractivity contribution in [1.29, 1.82) is 0 Å². The molecule has 0 unspecified atom stereocenters. The van der Waals surface area contributed by atoms with E-state index in [1.807, 2.05) is 41.4 Å². The van der Waals surface area contributed by atoms with E-state index in [-0.39, 0.29) is 11.9 Å². The molecule has 0 N–H and O–H groups in total. The standard InChI is InChI=1S/C18H20N2OS/c1-2-22-17-11-10-15(13-19-17)16-9-6-12-20(16)18(21)14-7-4-3-5-8-14/h3-5,7-8,10-11,13,16H,2,6,9,12H2,1H3/t16-/m1/s1. The van der Waals surface area contributed by atoms with Crippen LogP contribution in [0.1, 0.15) is 41.7 Å². The second kappa shape index (κ2) is 6.97. The maximum absolute atomic E-state index is 12.7. The molecule has 1 saturated heterocycles. The highest BCUT2D eigenvalue weighted by molar-refractivity contribution is 7.99. The third-order valence-corrected chi connectivity index (χ3v) is 4.80. The van der Waals surface area contributed by atoms with Gasteiger partial charge in [-0.2, -0.15) is 0 Å². The summed E-state index contributed by atoms with van der Waals surface area (Å²) < 4.78 is 0. The molecule has 1 aliphatic rings. The van der Waals surface area contributed by atoms with Crippen molar-refractivity contribution in [1.82, 2.24) is 9.88 Å². The van der Waals surface area contributed by atoms with Gasteiger partial charge in [0, 0.05) is 18.3 Å². The maximum atomic E-state index is 12.7. The first kappa shape index (κ1) is 15.1. The van der Waals surface area contributed by atoms with Gasteiger partial charge in [0.25, 0.3) is 5.91 Å². The van der Waals surface area contributed by atoms with E-state index in [0.717, 1.165) is 41.3 Å². The van der Waals surface area contributed by atoms with E-state index in [1.165, 1.54) is 0 Å². The molecule has 114 valence electrons. The molecule has 3 rings (SSSR count). The Morgan fingerprint density at radius 1 is 1.27 bits per heavy atom. The molecule has 3 nitrogen and oxygen atoms in total. The van der Waals surface area contributed by atoms with Crippen molar-refractivity contribution in [2.45, 2.75) is 30.8 Å². The van der Waals surface area contributed by atoms with Crippen LogP contribution in [0.5, 0.6) is 0 Å². The molecule has 0 bridgehead atoms. The first-order valence-corrected chi connectivity index (χ1v) is 8.73. The Hall–Kier alpha value is -1.81. The van der Waals surface area contributed by atoms with Gasteiger partial charge in [-0.25, -0.2) is 4.98 Å². The van der Waals surface area contributed by atoms with Gasteiger partial charge < -0.3 is 4.90 Å². The Bertz CT molecular complexity index is 627. The number of hydrogen-bond acceptors (Lipinski definition) is 3. The van der Waals surface area contributed by atoms with Gasteiger partial charge in [-0.1, -0.05) is 31.2 Å². The number of pyridine rings is 1. The molecular weight excluding hydrogens is 292 g/mol. The summed E-state index contributed by atoms with van der Waals surface area (Å²) in [6.45, 7) is 2.95. The van der Waals surface area contributed by atoms with Crippen molar-refractivity contribution in [3.63, 3.8) is 0 Å². The monoisotopic (exact) mass is 312 g/mol. The van der Waals surface area contributed by atoms with Crippen molar-refractivity contribution in [2.75, 3.05) is 12.3 Å². The average Bonchev–Trinajstić information content (AvgIpc) is 3.05. The predicted octanol–water partition coefficient (Wildman–Crippen LogP) is 4.17. The number of aromatic nitrogens is 1. The van der Waals surface area contributed by atoms with Gasteiger partial charge in [0.05, 0.1) is 11.1 Å². The molecular formula is C18H20N2OS. The minimum absolute atomic E-state index is 0.120. The number of benzene rings is 1. The van der Waals surface area contributed by atoms with Crippen molar-refractivity contribution in [3.05, 3.63) is 59.8 Å². The Morgan fingerprint density at radius 3 is 2.77 bits per heavy atom. The first-order valence-electron chi connectivity index (χ1n) is 7.74. The van der Waals surface area contributed by atoms with Gasteiger partial charge in [0.15, 0.2) is 0 Å². The van der Waals surface area contributed by atoms with Crippen molar-refractivity contribution >= 4 is 17.7 Å². The van der Waals surface area contributed by atoms with Crippen LogP contribution in [0, 0.1) is 0 Å². The smallest absolute Gasteiger partial charge is 0.254 e. The van der Waals surface area contributed by atoms with Gasteiger partial charge in [-0.05, 0) is 42.4 Å². The van der Waals surface area contributed by atoms with E-state index in [1.54, 1.807) is 11.8 Å². The highest BCUT2D eigenvalue weighted by atomic mass is 32.2. The van der Waals surface area contributed by atoms with Crippen molar-refractivity contribution < 1.29 is 4.79 Å². The molecule has 1 atom stereocenters. The van der Waals surface area contributed by atoms with Crippen molar-refractivity contribution in [2.24, 2.45) is 0 Å². The van der Waals surface area contributed by atoms with E-state index in [2.05, 4.69) is 24.0 Å². The van der Waals surface area contributed by atoms with Crippen LogP contribution in [-0.4, -0.2) is 28.1 Å². The summed E-state index contributed by atoms with van der Waals surface area (Å²) in [6.07, 6.45) is 3.99. The van der Waals surface area contributed by atoms with Gasteiger partial charge in [-0.15, -0.1) is 11.8 Å². The molecule has 0 spiro atoms. The van der Waals surface area contributed by atoms with Crippen LogP contribution in [-0.2, 0) is 0 Å². The van der Waals surface area contributed by atoms with Crippen LogP contribution in [0.3, 0.4) is 0 Å². The van der Waals surface area contributed by atoms with Crippen molar-refractivity contribution in [3.8, 4) is 0 Å². The second-order valence-corrected chi connectivity index (χ2v) is 6.67. The summed E-state index contributed by atoms with van der Waals surface area (Å²) in [5.41, 5.74) is 1.91. The number of thioether (sulfide) groups is 1. The van der Waals surface area contributed by atoms with Gasteiger partial charge >= 0.3 is 0 Å². The Labute approximate surface area is 135 Å². The Morgan fingerprint density at radius 2 is 2.09 bits per heavy atom. The molecule has 0 radical (unpaired) electrons. The topological polar surface area (TPSA) is 33.2 Å². The van der Waals surface area contributed by atoms with Crippen LogP contribution >= 0.6 is 11.8 Å². The quantitative estimate of drug-likeness (QED) is 0.794. The normalized spacial score (nSPS) is 17.7. The molecule has 0 saturated carbocycles. The van der Waals surface area contributed by atoms with Gasteiger partial charge in [0.1, 0.15) is 0 Å². The zero-order valence-corrected chi connectivity index (χ0v) is 13.6. The second-order valence-electron chi connectivity index (χ2n) is 5.39. The lowest BCUT2D eigenvalue weighted by Gasteiger charge is -2.25. The Balaban J connectivity index is 1.79. The molecule has 1 fully saturated rings. The highest BCUT2D eigenvalue weighted by Crippen LogP contribution is 2.33. The van der Waals surface area contributed by atoms with Crippen LogP contribution in [0.25, 0.3) is 0 Å². The van der Waals surface area contributed by atoms with Crippen LogP contribution in [0.2, 0.25) is 0 Å². The maximum Gasteiger partial charge on any atom is 0.254 e. The largest absolute Gasteiger partial charge is 0.332 e. The number of likely N-dealkylation sites (tertiary alicyclic amines) is 1. The van der Waals surface area contributed by atoms with Gasteiger partial charge in [-0.3, -0.25) is 4.79 Å². The number of carbonyl (C=O) groups excluding carboxylic acids is 1. The minimum atomic E-state index is 0.120. The third kappa shape index (κ3) is 3.17. The molecule has 1 aliphatic heterocycles. The zero-order chi connectivity index (χ0) is 15.4. The average molecular weight is 312 g/mol. The fourth-order valence-electron chi connectivity index (χ4n) is 2.93. The lowest BCUT2D eigenvalue weighted by molar-refractivity contribution is 0.0735. The zero-order valence-electron chi connectivity index (χ0n) is 12.7. The molecule has 2 heterocycles. The summed E-state index contributed by atoms with van der Waals surface area (Å²) in [5.74, 6) is 1.14. The highest BCUT2D eigenvalue weighted by Gasteiger charge is 2.30. The summed E-state index contributed by atoms with van der Waals surface area (Å²) >= 11 is 1.74. The minimum Gasteiger partial charge on any atom is -0.332 e. The predicted molar refractivity (Wildman–Crippen MR) is 90.1 cm³/mol.